The van der Waals surface area contributed by atoms with Gasteiger partial charge in [-0.2, -0.15) is 0 Å². The molecule has 3 nitrogen and oxygen atoms in total. The standard InChI is InChI=1S/C10H16O3/c1-6(11)8(7(2)12)9(13)10(3,4)5/h8H,1-5H3. The smallest absolute Gasteiger partial charge is 0.156 e. The van der Waals surface area contributed by atoms with Gasteiger partial charge < -0.3 is 0 Å². The Kier molecular flexibility index (Phi) is 3.52. The van der Waals surface area contributed by atoms with E-state index in [9.17, 15) is 14.4 Å². The third kappa shape index (κ3) is 3.09. The van der Waals surface area contributed by atoms with Gasteiger partial charge in [-0.15, -0.1) is 0 Å². The predicted molar refractivity (Wildman–Crippen MR) is 49.3 cm³/mol. The molecule has 74 valence electrons. The number of carbonyl (C=O) groups excluding carboxylic acids is 3. The third-order valence-corrected chi connectivity index (χ3v) is 1.81. The van der Waals surface area contributed by atoms with E-state index >= 15 is 0 Å². The number of hydrogen-bond donors (Lipinski definition) is 0. The SMILES string of the molecule is CC(=O)C(C(C)=O)C(=O)C(C)(C)C. The van der Waals surface area contributed by atoms with Gasteiger partial charge in [-0.3, -0.25) is 14.4 Å². The average molecular weight is 184 g/mol. The van der Waals surface area contributed by atoms with Crippen LogP contribution in [0.25, 0.3) is 0 Å². The number of ketones is 3. The first kappa shape index (κ1) is 12.0. The summed E-state index contributed by atoms with van der Waals surface area (Å²) in [6.07, 6.45) is 0. The highest BCUT2D eigenvalue weighted by atomic mass is 16.2. The van der Waals surface area contributed by atoms with E-state index in [4.69, 9.17) is 0 Å². The van der Waals surface area contributed by atoms with Crippen molar-refractivity contribution in [1.82, 2.24) is 0 Å². The van der Waals surface area contributed by atoms with Crippen molar-refractivity contribution in [2.75, 3.05) is 0 Å². The fourth-order valence-electron chi connectivity index (χ4n) is 1.09. The van der Waals surface area contributed by atoms with Gasteiger partial charge in [0.15, 0.2) is 5.78 Å². The van der Waals surface area contributed by atoms with Crippen molar-refractivity contribution < 1.29 is 14.4 Å². The van der Waals surface area contributed by atoms with E-state index in [1.165, 1.54) is 13.8 Å². The van der Waals surface area contributed by atoms with Crippen molar-refractivity contribution in [3.05, 3.63) is 0 Å². The molecule has 0 aromatic heterocycles. The topological polar surface area (TPSA) is 51.2 Å². The second kappa shape index (κ2) is 3.81. The molecule has 0 amide bonds. The quantitative estimate of drug-likeness (QED) is 0.623. The van der Waals surface area contributed by atoms with Crippen LogP contribution in [-0.4, -0.2) is 17.3 Å². The zero-order valence-electron chi connectivity index (χ0n) is 8.80. The van der Waals surface area contributed by atoms with Gasteiger partial charge >= 0.3 is 0 Å². The highest BCUT2D eigenvalue weighted by Gasteiger charge is 2.35. The fourth-order valence-corrected chi connectivity index (χ4v) is 1.09. The molecule has 0 saturated carbocycles. The zero-order chi connectivity index (χ0) is 10.8. The van der Waals surface area contributed by atoms with Crippen LogP contribution in [0.2, 0.25) is 0 Å². The Morgan fingerprint density at radius 2 is 1.23 bits per heavy atom. The third-order valence-electron chi connectivity index (χ3n) is 1.81. The molecule has 0 rings (SSSR count). The van der Waals surface area contributed by atoms with Crippen LogP contribution in [0.15, 0.2) is 0 Å². The molecule has 0 spiro atoms. The Morgan fingerprint density at radius 3 is 1.31 bits per heavy atom. The first-order valence-electron chi connectivity index (χ1n) is 4.23. The minimum Gasteiger partial charge on any atom is -0.299 e. The second-order valence-corrected chi connectivity index (χ2v) is 4.27. The molecule has 0 fully saturated rings. The maximum Gasteiger partial charge on any atom is 0.156 e. The lowest BCUT2D eigenvalue weighted by molar-refractivity contribution is -0.142. The van der Waals surface area contributed by atoms with Crippen molar-refractivity contribution in [3.63, 3.8) is 0 Å². The minimum atomic E-state index is -1.07. The molecule has 0 heterocycles. The Balaban J connectivity index is 4.89. The maximum atomic E-state index is 11.6. The summed E-state index contributed by atoms with van der Waals surface area (Å²) >= 11 is 0. The lowest BCUT2D eigenvalue weighted by Gasteiger charge is -2.20. The highest BCUT2D eigenvalue weighted by molar-refractivity contribution is 6.19. The monoisotopic (exact) mass is 184 g/mol. The molecule has 13 heavy (non-hydrogen) atoms. The lowest BCUT2D eigenvalue weighted by Crippen LogP contribution is -2.36. The highest BCUT2D eigenvalue weighted by Crippen LogP contribution is 2.21. The zero-order valence-corrected chi connectivity index (χ0v) is 8.80. The van der Waals surface area contributed by atoms with Gasteiger partial charge in [0.2, 0.25) is 0 Å². The second-order valence-electron chi connectivity index (χ2n) is 4.27. The van der Waals surface area contributed by atoms with E-state index in [0.29, 0.717) is 0 Å². The number of hydrogen-bond acceptors (Lipinski definition) is 3. The Morgan fingerprint density at radius 1 is 0.923 bits per heavy atom. The Bertz CT molecular complexity index is 231. The first-order valence-corrected chi connectivity index (χ1v) is 4.23. The predicted octanol–water partition coefficient (Wildman–Crippen LogP) is 1.40. The van der Waals surface area contributed by atoms with Gasteiger partial charge in [-0.05, 0) is 13.8 Å². The summed E-state index contributed by atoms with van der Waals surface area (Å²) in [5.74, 6) is -2.10. The summed E-state index contributed by atoms with van der Waals surface area (Å²) in [6, 6.07) is 0. The molecule has 0 aliphatic rings. The van der Waals surface area contributed by atoms with E-state index in [2.05, 4.69) is 0 Å². The summed E-state index contributed by atoms with van der Waals surface area (Å²) in [4.78, 5) is 33.7. The maximum absolute atomic E-state index is 11.6. The summed E-state index contributed by atoms with van der Waals surface area (Å²) < 4.78 is 0. The van der Waals surface area contributed by atoms with Crippen molar-refractivity contribution >= 4 is 17.3 Å². The van der Waals surface area contributed by atoms with Gasteiger partial charge in [0, 0.05) is 5.41 Å². The first-order chi connectivity index (χ1) is 5.68. The normalized spacial score (nSPS) is 11.5. The fraction of sp³-hybridized carbons (Fsp3) is 0.700. The molecule has 0 aliphatic heterocycles. The van der Waals surface area contributed by atoms with E-state index in [0.717, 1.165) is 0 Å². The van der Waals surface area contributed by atoms with Crippen LogP contribution in [0.4, 0.5) is 0 Å². The Hall–Kier alpha value is -0.990. The van der Waals surface area contributed by atoms with E-state index in [1.54, 1.807) is 20.8 Å². The minimum absolute atomic E-state index is 0.299. The number of Topliss-reactive ketones (excluding diaryl/α,β-unsaturated/α-hetero) is 3. The van der Waals surface area contributed by atoms with Gasteiger partial charge in [-0.25, -0.2) is 0 Å². The van der Waals surface area contributed by atoms with Crippen LogP contribution in [-0.2, 0) is 14.4 Å². The van der Waals surface area contributed by atoms with Crippen LogP contribution >= 0.6 is 0 Å². The van der Waals surface area contributed by atoms with E-state index < -0.39 is 11.3 Å². The van der Waals surface area contributed by atoms with Crippen molar-refractivity contribution in [2.24, 2.45) is 11.3 Å². The molecule has 0 aliphatic carbocycles. The Labute approximate surface area is 78.5 Å². The van der Waals surface area contributed by atoms with Crippen LogP contribution < -0.4 is 0 Å². The number of rotatable bonds is 3. The van der Waals surface area contributed by atoms with Crippen molar-refractivity contribution in [3.8, 4) is 0 Å². The molecule has 3 heteroatoms. The number of carbonyl (C=O) groups is 3. The van der Waals surface area contributed by atoms with Crippen molar-refractivity contribution in [2.45, 2.75) is 34.6 Å². The van der Waals surface area contributed by atoms with Crippen molar-refractivity contribution in [1.29, 1.82) is 0 Å². The largest absolute Gasteiger partial charge is 0.299 e. The van der Waals surface area contributed by atoms with Crippen LogP contribution in [0.5, 0.6) is 0 Å². The molecular formula is C10H16O3. The molecule has 0 atom stereocenters. The summed E-state index contributed by atoms with van der Waals surface area (Å²) in [5.41, 5.74) is -0.637. The van der Waals surface area contributed by atoms with Gasteiger partial charge in [0.1, 0.15) is 17.5 Å². The lowest BCUT2D eigenvalue weighted by atomic mass is 9.80. The summed E-state index contributed by atoms with van der Waals surface area (Å²) in [6.45, 7) is 7.65. The molecule has 0 aromatic carbocycles. The molecule has 0 saturated heterocycles. The van der Waals surface area contributed by atoms with Gasteiger partial charge in [-0.1, -0.05) is 20.8 Å². The molecule has 0 unspecified atom stereocenters. The van der Waals surface area contributed by atoms with Gasteiger partial charge in [0.05, 0.1) is 0 Å². The van der Waals surface area contributed by atoms with Crippen LogP contribution in [0, 0.1) is 11.3 Å². The van der Waals surface area contributed by atoms with E-state index in [1.807, 2.05) is 0 Å². The molecule has 0 aromatic rings. The molecular weight excluding hydrogens is 168 g/mol. The molecule has 0 radical (unpaired) electrons. The average Bonchev–Trinajstić information content (AvgIpc) is 1.82. The summed E-state index contributed by atoms with van der Waals surface area (Å²) in [7, 11) is 0. The van der Waals surface area contributed by atoms with Crippen LogP contribution in [0.1, 0.15) is 34.6 Å². The van der Waals surface area contributed by atoms with Gasteiger partial charge in [0.25, 0.3) is 0 Å². The van der Waals surface area contributed by atoms with E-state index in [-0.39, 0.29) is 17.3 Å². The molecule has 0 bridgehead atoms. The molecule has 0 N–H and O–H groups in total. The van der Waals surface area contributed by atoms with Crippen LogP contribution in [0.3, 0.4) is 0 Å². The summed E-state index contributed by atoms with van der Waals surface area (Å²) in [5, 5.41) is 0.